The lowest BCUT2D eigenvalue weighted by atomic mass is 10.1. The van der Waals surface area contributed by atoms with Crippen molar-refractivity contribution < 1.29 is 9.21 Å². The summed E-state index contributed by atoms with van der Waals surface area (Å²) in [5.74, 6) is -0.506. The van der Waals surface area contributed by atoms with Gasteiger partial charge in [0.25, 0.3) is 5.91 Å². The van der Waals surface area contributed by atoms with Gasteiger partial charge in [0.05, 0.1) is 5.69 Å². The van der Waals surface area contributed by atoms with Crippen LogP contribution >= 0.6 is 0 Å². The minimum Gasteiger partial charge on any atom is -0.422 e. The fourth-order valence-electron chi connectivity index (χ4n) is 2.57. The van der Waals surface area contributed by atoms with Crippen LogP contribution in [0.5, 0.6) is 0 Å². The average molecular weight is 331 g/mol. The van der Waals surface area contributed by atoms with E-state index in [0.717, 1.165) is 11.3 Å². The van der Waals surface area contributed by atoms with Crippen molar-refractivity contribution in [2.75, 3.05) is 5.32 Å². The van der Waals surface area contributed by atoms with E-state index >= 15 is 0 Å². The Hall–Kier alpha value is -3.67. The van der Waals surface area contributed by atoms with E-state index in [4.69, 9.17) is 4.42 Å². The monoisotopic (exact) mass is 331 g/mol. The maximum Gasteiger partial charge on any atom is 0.349 e. The van der Waals surface area contributed by atoms with Crippen molar-refractivity contribution in [1.82, 2.24) is 10.2 Å². The van der Waals surface area contributed by atoms with E-state index in [1.165, 1.54) is 6.07 Å². The molecule has 2 aromatic carbocycles. The third-order valence-electron chi connectivity index (χ3n) is 3.84. The van der Waals surface area contributed by atoms with Crippen LogP contribution in [-0.2, 0) is 0 Å². The highest BCUT2D eigenvalue weighted by atomic mass is 16.4. The number of hydrogen-bond donors (Lipinski definition) is 2. The second-order valence-electron chi connectivity index (χ2n) is 5.49. The minimum atomic E-state index is -0.662. The number of carbonyl (C=O) groups excluding carboxylic acids is 1. The summed E-state index contributed by atoms with van der Waals surface area (Å²) in [4.78, 5) is 24.4. The lowest BCUT2D eigenvalue weighted by Crippen LogP contribution is -2.20. The molecule has 0 aliphatic heterocycles. The molecule has 6 heteroatoms. The summed E-state index contributed by atoms with van der Waals surface area (Å²) in [6.07, 6.45) is 1.67. The van der Waals surface area contributed by atoms with Gasteiger partial charge in [-0.1, -0.05) is 30.3 Å². The number of H-pyrrole nitrogens is 1. The van der Waals surface area contributed by atoms with Crippen molar-refractivity contribution >= 4 is 22.6 Å². The van der Waals surface area contributed by atoms with E-state index in [0.29, 0.717) is 16.7 Å². The number of benzene rings is 2. The molecule has 2 heterocycles. The van der Waals surface area contributed by atoms with Gasteiger partial charge in [0.1, 0.15) is 11.1 Å². The number of hydrogen-bond acceptors (Lipinski definition) is 4. The molecule has 0 aliphatic carbocycles. The number of aromatic amines is 1. The highest BCUT2D eigenvalue weighted by Crippen LogP contribution is 2.19. The maximum atomic E-state index is 12.4. The first-order chi connectivity index (χ1) is 12.2. The van der Waals surface area contributed by atoms with Gasteiger partial charge in [0, 0.05) is 17.3 Å². The van der Waals surface area contributed by atoms with Crippen LogP contribution in [0.15, 0.2) is 76.1 Å². The quantitative estimate of drug-likeness (QED) is 0.563. The van der Waals surface area contributed by atoms with Gasteiger partial charge in [0.2, 0.25) is 0 Å². The van der Waals surface area contributed by atoms with Crippen LogP contribution in [0, 0.1) is 0 Å². The molecule has 6 nitrogen and oxygen atoms in total. The first-order valence-electron chi connectivity index (χ1n) is 7.65. The van der Waals surface area contributed by atoms with E-state index in [-0.39, 0.29) is 5.56 Å². The number of fused-ring (bicyclic) bond motifs is 1. The lowest BCUT2D eigenvalue weighted by molar-refractivity contribution is 0.102. The number of para-hydroxylation sites is 1. The van der Waals surface area contributed by atoms with Crippen molar-refractivity contribution in [2.24, 2.45) is 0 Å². The van der Waals surface area contributed by atoms with E-state index in [1.807, 2.05) is 24.3 Å². The molecule has 0 unspecified atom stereocenters. The number of anilines is 1. The third kappa shape index (κ3) is 2.92. The van der Waals surface area contributed by atoms with Crippen molar-refractivity contribution in [3.8, 4) is 11.3 Å². The highest BCUT2D eigenvalue weighted by Gasteiger charge is 2.14. The van der Waals surface area contributed by atoms with Crippen LogP contribution < -0.4 is 10.9 Å². The molecule has 122 valence electrons. The lowest BCUT2D eigenvalue weighted by Gasteiger charge is -2.06. The fraction of sp³-hybridized carbons (Fsp3) is 0. The van der Waals surface area contributed by atoms with Crippen LogP contribution in [0.3, 0.4) is 0 Å². The molecule has 0 spiro atoms. The minimum absolute atomic E-state index is 0.0312. The smallest absolute Gasteiger partial charge is 0.349 e. The van der Waals surface area contributed by atoms with Gasteiger partial charge in [-0.3, -0.25) is 9.89 Å². The summed E-state index contributed by atoms with van der Waals surface area (Å²) in [7, 11) is 0. The molecule has 4 rings (SSSR count). The summed E-state index contributed by atoms with van der Waals surface area (Å²) < 4.78 is 5.19. The Bertz CT molecular complexity index is 1100. The molecule has 0 atom stereocenters. The Kier molecular flexibility index (Phi) is 3.63. The molecule has 0 bridgehead atoms. The Labute approximate surface area is 142 Å². The van der Waals surface area contributed by atoms with E-state index in [1.54, 1.807) is 36.5 Å². The second-order valence-corrected chi connectivity index (χ2v) is 5.49. The molecular weight excluding hydrogens is 318 g/mol. The van der Waals surface area contributed by atoms with Crippen molar-refractivity contribution in [1.29, 1.82) is 0 Å². The zero-order valence-electron chi connectivity index (χ0n) is 13.0. The molecule has 25 heavy (non-hydrogen) atoms. The van der Waals surface area contributed by atoms with Crippen molar-refractivity contribution in [2.45, 2.75) is 0 Å². The molecule has 2 aromatic heterocycles. The average Bonchev–Trinajstić information content (AvgIpc) is 3.16. The van der Waals surface area contributed by atoms with Gasteiger partial charge in [0.15, 0.2) is 0 Å². The molecule has 2 N–H and O–H groups in total. The molecule has 0 radical (unpaired) electrons. The summed E-state index contributed by atoms with van der Waals surface area (Å²) >= 11 is 0. The van der Waals surface area contributed by atoms with Crippen LogP contribution in [0.25, 0.3) is 22.2 Å². The predicted octanol–water partition coefficient (Wildman–Crippen LogP) is 3.44. The molecule has 1 amide bonds. The largest absolute Gasteiger partial charge is 0.422 e. The van der Waals surface area contributed by atoms with E-state index < -0.39 is 11.5 Å². The topological polar surface area (TPSA) is 88.0 Å². The molecule has 0 aliphatic rings. The predicted molar refractivity (Wildman–Crippen MR) is 94.5 cm³/mol. The van der Waals surface area contributed by atoms with Gasteiger partial charge in [-0.2, -0.15) is 5.10 Å². The summed E-state index contributed by atoms with van der Waals surface area (Å²) in [6, 6.07) is 17.7. The SMILES string of the molecule is O=C(Nc1ccc(-c2ccn[nH]2)cc1)c1cc2ccccc2oc1=O. The van der Waals surface area contributed by atoms with Gasteiger partial charge in [-0.05, 0) is 35.9 Å². The number of amides is 1. The third-order valence-corrected chi connectivity index (χ3v) is 3.84. The Morgan fingerprint density at radius 1 is 1.04 bits per heavy atom. The number of carbonyl (C=O) groups is 1. The van der Waals surface area contributed by atoms with Crippen molar-refractivity contribution in [3.63, 3.8) is 0 Å². The Morgan fingerprint density at radius 3 is 2.60 bits per heavy atom. The highest BCUT2D eigenvalue weighted by molar-refractivity contribution is 6.05. The number of nitrogens with one attached hydrogen (secondary N) is 2. The van der Waals surface area contributed by atoms with E-state index in [2.05, 4.69) is 15.5 Å². The van der Waals surface area contributed by atoms with E-state index in [9.17, 15) is 9.59 Å². The van der Waals surface area contributed by atoms with Crippen LogP contribution in [0.4, 0.5) is 5.69 Å². The zero-order valence-corrected chi connectivity index (χ0v) is 13.0. The number of nitrogens with zero attached hydrogens (tertiary/aromatic N) is 1. The zero-order chi connectivity index (χ0) is 17.2. The number of rotatable bonds is 3. The normalized spacial score (nSPS) is 10.7. The van der Waals surface area contributed by atoms with Crippen LogP contribution in [0.2, 0.25) is 0 Å². The maximum absolute atomic E-state index is 12.4. The van der Waals surface area contributed by atoms with Crippen LogP contribution in [-0.4, -0.2) is 16.1 Å². The second kappa shape index (κ2) is 6.09. The first-order valence-corrected chi connectivity index (χ1v) is 7.65. The molecule has 0 saturated heterocycles. The van der Waals surface area contributed by atoms with Crippen molar-refractivity contribution in [3.05, 3.63) is 82.8 Å². The van der Waals surface area contributed by atoms with Gasteiger partial charge in [-0.25, -0.2) is 4.79 Å². The van der Waals surface area contributed by atoms with Gasteiger partial charge in [-0.15, -0.1) is 0 Å². The first kappa shape index (κ1) is 14.9. The molecule has 4 aromatic rings. The van der Waals surface area contributed by atoms with Gasteiger partial charge >= 0.3 is 5.63 Å². The summed E-state index contributed by atoms with van der Waals surface area (Å²) in [6.45, 7) is 0. The molecular formula is C19H13N3O3. The molecule has 0 saturated carbocycles. The fourth-order valence-corrected chi connectivity index (χ4v) is 2.57. The number of aromatic nitrogens is 2. The summed E-state index contributed by atoms with van der Waals surface area (Å²) in [5, 5.41) is 10.2. The van der Waals surface area contributed by atoms with Gasteiger partial charge < -0.3 is 9.73 Å². The molecule has 0 fully saturated rings. The summed E-state index contributed by atoms with van der Waals surface area (Å²) in [5.41, 5.74) is 2.17. The standard InChI is InChI=1S/C19H13N3O3/c23-18(15-11-13-3-1-2-4-17(13)25-19(15)24)21-14-7-5-12(6-8-14)16-9-10-20-22-16/h1-11H,(H,20,22)(H,21,23). The Balaban J connectivity index is 1.60. The Morgan fingerprint density at radius 2 is 1.84 bits per heavy atom. The van der Waals surface area contributed by atoms with Crippen LogP contribution in [0.1, 0.15) is 10.4 Å².